The Morgan fingerprint density at radius 1 is 1.30 bits per heavy atom. The van der Waals surface area contributed by atoms with E-state index in [9.17, 15) is 21.6 Å². The Kier molecular flexibility index (Phi) is 6.34. The summed E-state index contributed by atoms with van der Waals surface area (Å²) < 4.78 is 52.4. The number of carbonyl (C=O) groups excluding carboxylic acids is 1. The molecule has 3 rings (SSSR count). The fourth-order valence-corrected chi connectivity index (χ4v) is 6.27. The number of rotatable bonds is 7. The summed E-state index contributed by atoms with van der Waals surface area (Å²) in [5.41, 5.74) is 0.939. The maximum Gasteiger partial charge on any atom is 0.256 e. The van der Waals surface area contributed by atoms with E-state index in [0.717, 1.165) is 0 Å². The first-order valence-corrected chi connectivity index (χ1v) is 13.0. The molecular weight excluding hydrogens is 428 g/mol. The van der Waals surface area contributed by atoms with Crippen LogP contribution < -0.4 is 10.0 Å². The molecule has 11 heteroatoms. The van der Waals surface area contributed by atoms with Gasteiger partial charge in [0, 0.05) is 17.7 Å². The highest BCUT2D eigenvalue weighted by atomic mass is 32.2. The highest BCUT2D eigenvalue weighted by Gasteiger charge is 2.31. The van der Waals surface area contributed by atoms with E-state index in [0.29, 0.717) is 24.4 Å². The minimum absolute atomic E-state index is 0.00721. The first-order valence-electron chi connectivity index (χ1n) is 9.71. The molecule has 2 atom stereocenters. The quantitative estimate of drug-likeness (QED) is 0.658. The van der Waals surface area contributed by atoms with Crippen molar-refractivity contribution in [3.8, 4) is 0 Å². The summed E-state index contributed by atoms with van der Waals surface area (Å²) in [6, 6.07) is 6.80. The minimum Gasteiger partial charge on any atom is -0.307 e. The predicted molar refractivity (Wildman–Crippen MR) is 114 cm³/mol. The van der Waals surface area contributed by atoms with Crippen LogP contribution in [0.15, 0.2) is 35.2 Å². The number of sulfonamides is 1. The van der Waals surface area contributed by atoms with Crippen LogP contribution in [0.2, 0.25) is 0 Å². The fourth-order valence-electron chi connectivity index (χ4n) is 3.25. The highest BCUT2D eigenvalue weighted by molar-refractivity contribution is 7.91. The van der Waals surface area contributed by atoms with E-state index in [1.807, 2.05) is 6.92 Å². The predicted octanol–water partition coefficient (Wildman–Crippen LogP) is 1.88. The van der Waals surface area contributed by atoms with E-state index in [-0.39, 0.29) is 34.0 Å². The molecule has 1 aliphatic rings. The summed E-state index contributed by atoms with van der Waals surface area (Å²) in [7, 11) is -6.75. The molecule has 2 heterocycles. The zero-order chi connectivity index (χ0) is 22.1. The summed E-state index contributed by atoms with van der Waals surface area (Å²) in [5, 5.41) is 7.09. The lowest BCUT2D eigenvalue weighted by atomic mass is 10.2. The van der Waals surface area contributed by atoms with Gasteiger partial charge in [0.25, 0.3) is 5.91 Å². The molecule has 30 heavy (non-hydrogen) atoms. The molecule has 0 aliphatic carbocycles. The van der Waals surface area contributed by atoms with Gasteiger partial charge >= 0.3 is 0 Å². The standard InChI is InChI=1S/C19H26N4O5S2/c1-4-13(2)22-30(27,28)17-7-5-15(6-8-17)19(24)20-18-11-14(3)21-23(18)16-9-10-29(25,26)12-16/h5-8,11,13,16,22H,4,9-10,12H2,1-3H3,(H,20,24). The van der Waals surface area contributed by atoms with Crippen LogP contribution in [0.1, 0.15) is 48.8 Å². The Balaban J connectivity index is 1.76. The van der Waals surface area contributed by atoms with Gasteiger partial charge in [-0.25, -0.2) is 26.2 Å². The molecule has 2 aromatic rings. The number of aryl methyl sites for hydroxylation is 1. The number of nitrogens with one attached hydrogen (secondary N) is 2. The molecule has 1 aliphatic heterocycles. The summed E-state index contributed by atoms with van der Waals surface area (Å²) >= 11 is 0. The molecule has 1 aromatic carbocycles. The van der Waals surface area contributed by atoms with Crippen LogP contribution in [0.3, 0.4) is 0 Å². The molecule has 1 fully saturated rings. The van der Waals surface area contributed by atoms with Crippen molar-refractivity contribution in [2.24, 2.45) is 0 Å². The van der Waals surface area contributed by atoms with Crippen LogP contribution in [-0.4, -0.2) is 50.1 Å². The largest absolute Gasteiger partial charge is 0.307 e. The number of carbonyl (C=O) groups is 1. The first-order chi connectivity index (χ1) is 14.0. The molecule has 1 saturated heterocycles. The topological polar surface area (TPSA) is 127 Å². The lowest BCUT2D eigenvalue weighted by Crippen LogP contribution is -2.32. The molecule has 0 spiro atoms. The monoisotopic (exact) mass is 454 g/mol. The molecule has 2 unspecified atom stereocenters. The average Bonchev–Trinajstić information content (AvgIpc) is 3.22. The molecule has 9 nitrogen and oxygen atoms in total. The van der Waals surface area contributed by atoms with Crippen LogP contribution in [0.25, 0.3) is 0 Å². The van der Waals surface area contributed by atoms with Crippen LogP contribution in [-0.2, 0) is 19.9 Å². The van der Waals surface area contributed by atoms with E-state index in [1.54, 1.807) is 24.6 Å². The van der Waals surface area contributed by atoms with E-state index in [4.69, 9.17) is 0 Å². The summed E-state index contributed by atoms with van der Waals surface area (Å²) in [6.45, 7) is 5.42. The molecule has 0 radical (unpaired) electrons. The summed E-state index contributed by atoms with van der Waals surface area (Å²) in [5.74, 6) is 0.0719. The molecule has 0 bridgehead atoms. The number of hydrogen-bond donors (Lipinski definition) is 2. The Labute approximate surface area is 176 Å². The van der Waals surface area contributed by atoms with Gasteiger partial charge in [0.2, 0.25) is 10.0 Å². The van der Waals surface area contributed by atoms with Gasteiger partial charge < -0.3 is 5.32 Å². The Morgan fingerprint density at radius 3 is 2.53 bits per heavy atom. The molecule has 1 amide bonds. The van der Waals surface area contributed by atoms with Gasteiger partial charge in [-0.3, -0.25) is 4.79 Å². The highest BCUT2D eigenvalue weighted by Crippen LogP contribution is 2.27. The normalized spacial score (nSPS) is 19.5. The maximum absolute atomic E-state index is 12.7. The van der Waals surface area contributed by atoms with Gasteiger partial charge in [0.05, 0.1) is 28.1 Å². The van der Waals surface area contributed by atoms with Crippen LogP contribution >= 0.6 is 0 Å². The average molecular weight is 455 g/mol. The maximum atomic E-state index is 12.7. The second kappa shape index (κ2) is 8.48. The Hall–Kier alpha value is -2.24. The lowest BCUT2D eigenvalue weighted by Gasteiger charge is -2.14. The molecule has 0 saturated carbocycles. The van der Waals surface area contributed by atoms with Crippen molar-refractivity contribution < 1.29 is 21.6 Å². The van der Waals surface area contributed by atoms with Gasteiger partial charge in [-0.1, -0.05) is 6.92 Å². The number of hydrogen-bond acceptors (Lipinski definition) is 6. The second-order valence-electron chi connectivity index (χ2n) is 7.58. The third kappa shape index (κ3) is 5.08. The van der Waals surface area contributed by atoms with E-state index in [2.05, 4.69) is 15.1 Å². The third-order valence-corrected chi connectivity index (χ3v) is 8.41. The molecule has 2 N–H and O–H groups in total. The number of benzene rings is 1. The number of anilines is 1. The SMILES string of the molecule is CCC(C)NS(=O)(=O)c1ccc(C(=O)Nc2cc(C)nn2C2CCS(=O)(=O)C2)cc1. The summed E-state index contributed by atoms with van der Waals surface area (Å²) in [6.07, 6.45) is 1.11. The minimum atomic E-state index is -3.65. The van der Waals surface area contributed by atoms with Gasteiger partial charge in [0.1, 0.15) is 5.82 Å². The third-order valence-electron chi connectivity index (χ3n) is 5.05. The zero-order valence-electron chi connectivity index (χ0n) is 17.1. The summed E-state index contributed by atoms with van der Waals surface area (Å²) in [4.78, 5) is 12.7. The van der Waals surface area contributed by atoms with Crippen molar-refractivity contribution in [3.05, 3.63) is 41.6 Å². The fraction of sp³-hybridized carbons (Fsp3) is 0.474. The van der Waals surface area contributed by atoms with E-state index >= 15 is 0 Å². The molecular formula is C19H26N4O5S2. The number of amides is 1. The van der Waals surface area contributed by atoms with Crippen LogP contribution in [0, 0.1) is 6.92 Å². The van der Waals surface area contributed by atoms with Crippen molar-refractivity contribution in [2.45, 2.75) is 50.6 Å². The number of sulfone groups is 1. The zero-order valence-corrected chi connectivity index (χ0v) is 18.8. The van der Waals surface area contributed by atoms with Gasteiger partial charge in [-0.2, -0.15) is 5.10 Å². The first kappa shape index (κ1) is 22.4. The number of aromatic nitrogens is 2. The van der Waals surface area contributed by atoms with Crippen molar-refractivity contribution in [2.75, 3.05) is 16.8 Å². The van der Waals surface area contributed by atoms with Gasteiger partial charge in [-0.15, -0.1) is 0 Å². The van der Waals surface area contributed by atoms with Gasteiger partial charge in [-0.05, 0) is 51.0 Å². The molecule has 164 valence electrons. The van der Waals surface area contributed by atoms with Crippen LogP contribution in [0.4, 0.5) is 5.82 Å². The van der Waals surface area contributed by atoms with E-state index < -0.39 is 25.8 Å². The van der Waals surface area contributed by atoms with Crippen molar-refractivity contribution in [3.63, 3.8) is 0 Å². The smallest absolute Gasteiger partial charge is 0.256 e. The van der Waals surface area contributed by atoms with Gasteiger partial charge in [0.15, 0.2) is 9.84 Å². The molecule has 1 aromatic heterocycles. The Morgan fingerprint density at radius 2 is 1.97 bits per heavy atom. The van der Waals surface area contributed by atoms with Crippen molar-refractivity contribution >= 4 is 31.6 Å². The van der Waals surface area contributed by atoms with E-state index in [1.165, 1.54) is 24.3 Å². The van der Waals surface area contributed by atoms with Crippen molar-refractivity contribution in [1.29, 1.82) is 0 Å². The van der Waals surface area contributed by atoms with Crippen molar-refractivity contribution in [1.82, 2.24) is 14.5 Å². The lowest BCUT2D eigenvalue weighted by molar-refractivity contribution is 0.102. The Bertz CT molecular complexity index is 1140. The second-order valence-corrected chi connectivity index (χ2v) is 11.5. The number of nitrogens with zero attached hydrogens (tertiary/aromatic N) is 2. The van der Waals surface area contributed by atoms with Crippen LogP contribution in [0.5, 0.6) is 0 Å².